The molecule has 1 aromatic carbocycles. The van der Waals surface area contributed by atoms with Gasteiger partial charge in [0.1, 0.15) is 11.7 Å². The Kier molecular flexibility index (Phi) is 5.91. The summed E-state index contributed by atoms with van der Waals surface area (Å²) in [6.07, 6.45) is -0.551. The molecule has 6 rings (SSSR count). The molecule has 12 heteroatoms. The van der Waals surface area contributed by atoms with Crippen LogP contribution in [0.5, 0.6) is 0 Å². The van der Waals surface area contributed by atoms with Crippen LogP contribution >= 0.6 is 11.6 Å². The average molecular weight is 530 g/mol. The number of aryl methyl sites for hydroxylation is 1. The molecule has 3 aromatic heterocycles. The summed E-state index contributed by atoms with van der Waals surface area (Å²) < 4.78 is 46.2. The number of hydrogen-bond acceptors (Lipinski definition) is 7. The van der Waals surface area contributed by atoms with Gasteiger partial charge in [-0.05, 0) is 43.2 Å². The molecule has 0 spiro atoms. The van der Waals surface area contributed by atoms with Gasteiger partial charge < -0.3 is 19.5 Å². The SMILES string of the molecule is Cc1cc(C(F)(F)F)nc(N2CCc3c([nH]c4ccc(Cl)cc34)C2c2cnc(N3CCOCC3)nc2)n1. The Morgan fingerprint density at radius 2 is 1.78 bits per heavy atom. The summed E-state index contributed by atoms with van der Waals surface area (Å²) in [6.45, 7) is 4.54. The number of ether oxygens (including phenoxy) is 1. The number of aromatic amines is 1. The zero-order valence-electron chi connectivity index (χ0n) is 19.9. The van der Waals surface area contributed by atoms with E-state index in [4.69, 9.17) is 16.3 Å². The van der Waals surface area contributed by atoms with E-state index >= 15 is 0 Å². The number of benzene rings is 1. The minimum absolute atomic E-state index is 0.0110. The second kappa shape index (κ2) is 9.14. The number of aromatic nitrogens is 5. The predicted octanol–water partition coefficient (Wildman–Crippen LogP) is 4.72. The first-order valence-corrected chi connectivity index (χ1v) is 12.3. The molecule has 2 aliphatic rings. The number of nitrogens with one attached hydrogen (secondary N) is 1. The minimum atomic E-state index is -4.58. The van der Waals surface area contributed by atoms with Crippen molar-refractivity contribution >= 4 is 34.4 Å². The molecular weight excluding hydrogens is 507 g/mol. The molecule has 1 saturated heterocycles. The molecule has 1 fully saturated rings. The number of H-pyrrole nitrogens is 1. The lowest BCUT2D eigenvalue weighted by Gasteiger charge is -2.36. The van der Waals surface area contributed by atoms with Gasteiger partial charge in [0.15, 0.2) is 0 Å². The third-order valence-corrected chi connectivity index (χ3v) is 6.98. The molecule has 2 aliphatic heterocycles. The van der Waals surface area contributed by atoms with Crippen molar-refractivity contribution in [2.24, 2.45) is 0 Å². The number of nitrogens with zero attached hydrogens (tertiary/aromatic N) is 6. The summed E-state index contributed by atoms with van der Waals surface area (Å²) in [4.78, 5) is 24.8. The molecule has 1 atom stereocenters. The summed E-state index contributed by atoms with van der Waals surface area (Å²) in [6, 6.07) is 6.05. The zero-order valence-corrected chi connectivity index (χ0v) is 20.6. The fourth-order valence-electron chi connectivity index (χ4n) is 5.05. The zero-order chi connectivity index (χ0) is 25.7. The lowest BCUT2D eigenvalue weighted by Crippen LogP contribution is -2.39. The van der Waals surface area contributed by atoms with E-state index in [1.54, 1.807) is 23.4 Å². The largest absolute Gasteiger partial charge is 0.433 e. The molecule has 1 unspecified atom stereocenters. The summed E-state index contributed by atoms with van der Waals surface area (Å²) in [5.41, 5.74) is 2.78. The van der Waals surface area contributed by atoms with Crippen LogP contribution < -0.4 is 9.80 Å². The van der Waals surface area contributed by atoms with Gasteiger partial charge in [-0.3, -0.25) is 0 Å². The Morgan fingerprint density at radius 1 is 1.03 bits per heavy atom. The first kappa shape index (κ1) is 23.9. The maximum absolute atomic E-state index is 13.6. The number of hydrogen-bond donors (Lipinski definition) is 1. The van der Waals surface area contributed by atoms with E-state index in [2.05, 4.69) is 24.9 Å². The van der Waals surface area contributed by atoms with Crippen molar-refractivity contribution in [3.63, 3.8) is 0 Å². The van der Waals surface area contributed by atoms with E-state index in [9.17, 15) is 13.2 Å². The van der Waals surface area contributed by atoms with Crippen molar-refractivity contribution in [1.82, 2.24) is 24.9 Å². The highest BCUT2D eigenvalue weighted by molar-refractivity contribution is 6.31. The average Bonchev–Trinajstić information content (AvgIpc) is 3.26. The predicted molar refractivity (Wildman–Crippen MR) is 133 cm³/mol. The van der Waals surface area contributed by atoms with Crippen LogP contribution in [0.1, 0.15) is 34.3 Å². The molecule has 5 heterocycles. The Bertz CT molecular complexity index is 1450. The van der Waals surface area contributed by atoms with Gasteiger partial charge in [-0.2, -0.15) is 13.2 Å². The quantitative estimate of drug-likeness (QED) is 0.411. The van der Waals surface area contributed by atoms with Crippen LogP contribution in [0.15, 0.2) is 36.7 Å². The molecule has 4 aromatic rings. The van der Waals surface area contributed by atoms with E-state index in [1.807, 2.05) is 17.0 Å². The Morgan fingerprint density at radius 3 is 2.51 bits per heavy atom. The van der Waals surface area contributed by atoms with Crippen LogP contribution in [0.4, 0.5) is 25.1 Å². The third-order valence-electron chi connectivity index (χ3n) is 6.75. The van der Waals surface area contributed by atoms with E-state index in [-0.39, 0.29) is 11.6 Å². The van der Waals surface area contributed by atoms with E-state index in [1.165, 1.54) is 6.92 Å². The highest BCUT2D eigenvalue weighted by Crippen LogP contribution is 2.41. The van der Waals surface area contributed by atoms with Gasteiger partial charge >= 0.3 is 6.18 Å². The molecule has 37 heavy (non-hydrogen) atoms. The van der Waals surface area contributed by atoms with Crippen molar-refractivity contribution in [1.29, 1.82) is 0 Å². The highest BCUT2D eigenvalue weighted by Gasteiger charge is 2.37. The molecule has 0 aliphatic carbocycles. The fraction of sp³-hybridized carbons (Fsp3) is 0.360. The second-order valence-corrected chi connectivity index (χ2v) is 9.60. The maximum atomic E-state index is 13.6. The van der Waals surface area contributed by atoms with Gasteiger partial charge in [0.25, 0.3) is 0 Å². The molecule has 1 N–H and O–H groups in total. The number of rotatable bonds is 3. The first-order valence-electron chi connectivity index (χ1n) is 11.9. The number of alkyl halides is 3. The smallest absolute Gasteiger partial charge is 0.378 e. The first-order chi connectivity index (χ1) is 17.8. The second-order valence-electron chi connectivity index (χ2n) is 9.16. The molecule has 8 nitrogen and oxygen atoms in total. The standard InChI is InChI=1S/C25H23ClF3N7O/c1-14-10-20(25(27,28)29)34-24(32-14)36-5-4-17-18-11-16(26)2-3-19(18)33-21(17)22(36)15-12-30-23(31-13-15)35-6-8-37-9-7-35/h2-3,10-13,22,33H,4-9H2,1H3. The van der Waals surface area contributed by atoms with Crippen LogP contribution in [0.3, 0.4) is 0 Å². The highest BCUT2D eigenvalue weighted by atomic mass is 35.5. The lowest BCUT2D eigenvalue weighted by molar-refractivity contribution is -0.141. The van der Waals surface area contributed by atoms with Crippen LogP contribution in [0.2, 0.25) is 5.02 Å². The lowest BCUT2D eigenvalue weighted by atomic mass is 9.94. The summed E-state index contributed by atoms with van der Waals surface area (Å²) >= 11 is 6.28. The van der Waals surface area contributed by atoms with Crippen LogP contribution in [0, 0.1) is 6.92 Å². The Hall–Kier alpha value is -3.44. The van der Waals surface area contributed by atoms with Gasteiger partial charge in [-0.25, -0.2) is 19.9 Å². The normalized spacial score (nSPS) is 18.4. The fourth-order valence-corrected chi connectivity index (χ4v) is 5.22. The summed E-state index contributed by atoms with van der Waals surface area (Å²) in [5.74, 6) is 0.598. The number of anilines is 2. The monoisotopic (exact) mass is 529 g/mol. The van der Waals surface area contributed by atoms with Gasteiger partial charge in [0.2, 0.25) is 11.9 Å². The summed E-state index contributed by atoms with van der Waals surface area (Å²) in [7, 11) is 0. The van der Waals surface area contributed by atoms with Gasteiger partial charge in [0, 0.05) is 64.9 Å². The number of halogens is 4. The number of fused-ring (bicyclic) bond motifs is 3. The van der Waals surface area contributed by atoms with Crippen LogP contribution in [-0.2, 0) is 17.3 Å². The van der Waals surface area contributed by atoms with Crippen molar-refractivity contribution in [3.05, 3.63) is 69.9 Å². The van der Waals surface area contributed by atoms with Gasteiger partial charge in [-0.1, -0.05) is 11.6 Å². The Balaban J connectivity index is 1.47. The molecule has 192 valence electrons. The summed E-state index contributed by atoms with van der Waals surface area (Å²) in [5, 5.41) is 1.60. The molecule has 0 saturated carbocycles. The van der Waals surface area contributed by atoms with Gasteiger partial charge in [-0.15, -0.1) is 0 Å². The van der Waals surface area contributed by atoms with E-state index in [0.717, 1.165) is 28.2 Å². The molecular formula is C25H23ClF3N7O. The molecule has 0 radical (unpaired) electrons. The topological polar surface area (TPSA) is 83.1 Å². The van der Waals surface area contributed by atoms with Crippen molar-refractivity contribution in [2.45, 2.75) is 25.6 Å². The van der Waals surface area contributed by atoms with Crippen molar-refractivity contribution in [3.8, 4) is 0 Å². The Labute approximate surface area is 215 Å². The third kappa shape index (κ3) is 4.46. The number of morpholine rings is 1. The van der Waals surface area contributed by atoms with E-state index < -0.39 is 17.9 Å². The van der Waals surface area contributed by atoms with Crippen molar-refractivity contribution in [2.75, 3.05) is 42.6 Å². The maximum Gasteiger partial charge on any atom is 0.433 e. The minimum Gasteiger partial charge on any atom is -0.378 e. The van der Waals surface area contributed by atoms with Crippen molar-refractivity contribution < 1.29 is 17.9 Å². The van der Waals surface area contributed by atoms with E-state index in [0.29, 0.717) is 55.8 Å². The van der Waals surface area contributed by atoms with Gasteiger partial charge in [0.05, 0.1) is 13.2 Å². The molecule has 0 bridgehead atoms. The van der Waals surface area contributed by atoms with Crippen LogP contribution in [0.25, 0.3) is 10.9 Å². The van der Waals surface area contributed by atoms with Crippen LogP contribution in [-0.4, -0.2) is 57.8 Å². The molecule has 0 amide bonds.